The van der Waals surface area contributed by atoms with Gasteiger partial charge in [-0.25, -0.2) is 4.79 Å². The van der Waals surface area contributed by atoms with Crippen LogP contribution >= 0.6 is 0 Å². The van der Waals surface area contributed by atoms with E-state index < -0.39 is 17.9 Å². The summed E-state index contributed by atoms with van der Waals surface area (Å²) in [4.78, 5) is 22.6. The minimum absolute atomic E-state index is 0.122. The number of carbonyl (C=O) groups is 2. The van der Waals surface area contributed by atoms with Crippen molar-refractivity contribution in [3.05, 3.63) is 30.2 Å². The third-order valence-electron chi connectivity index (χ3n) is 2.72. The normalized spacial score (nSPS) is 14.3. The molecule has 2 atom stereocenters. The molecule has 98 valence electrons. The molecule has 1 rings (SSSR count). The Morgan fingerprint density at radius 1 is 1.56 bits per heavy atom. The van der Waals surface area contributed by atoms with Crippen molar-refractivity contribution in [3.8, 4) is 0 Å². The van der Waals surface area contributed by atoms with E-state index in [1.807, 2.05) is 6.92 Å². The van der Waals surface area contributed by atoms with Crippen molar-refractivity contribution in [2.75, 3.05) is 0 Å². The first-order chi connectivity index (χ1) is 8.54. The van der Waals surface area contributed by atoms with Gasteiger partial charge in [-0.15, -0.1) is 0 Å². The van der Waals surface area contributed by atoms with E-state index in [0.29, 0.717) is 12.2 Å². The fourth-order valence-electron chi connectivity index (χ4n) is 1.43. The number of carboxylic acids is 1. The molecule has 0 fully saturated rings. The quantitative estimate of drug-likeness (QED) is 0.757. The lowest BCUT2D eigenvalue weighted by Crippen LogP contribution is -2.44. The monoisotopic (exact) mass is 251 g/mol. The van der Waals surface area contributed by atoms with Crippen LogP contribution in [0.5, 0.6) is 0 Å². The van der Waals surface area contributed by atoms with E-state index >= 15 is 0 Å². The average molecular weight is 251 g/mol. The number of carboxylic acid groups (broad SMARTS) is 1. The molecule has 1 aromatic heterocycles. The maximum Gasteiger partial charge on any atom is 0.326 e. The fraction of sp³-hybridized carbons (Fsp3) is 0.385. The van der Waals surface area contributed by atoms with Crippen LogP contribution in [0.2, 0.25) is 0 Å². The van der Waals surface area contributed by atoms with Gasteiger partial charge in [-0.1, -0.05) is 20.3 Å². The number of rotatable bonds is 6. The van der Waals surface area contributed by atoms with Crippen LogP contribution in [0.15, 0.2) is 28.9 Å². The van der Waals surface area contributed by atoms with Crippen molar-refractivity contribution < 1.29 is 19.1 Å². The van der Waals surface area contributed by atoms with Crippen LogP contribution in [0, 0.1) is 5.92 Å². The number of nitrogens with one attached hydrogen (secondary N) is 1. The molecule has 0 saturated carbocycles. The Morgan fingerprint density at radius 3 is 2.78 bits per heavy atom. The molecule has 18 heavy (non-hydrogen) atoms. The van der Waals surface area contributed by atoms with Gasteiger partial charge >= 0.3 is 5.97 Å². The van der Waals surface area contributed by atoms with E-state index in [1.165, 1.54) is 18.4 Å². The van der Waals surface area contributed by atoms with E-state index in [9.17, 15) is 9.59 Å². The van der Waals surface area contributed by atoms with Crippen molar-refractivity contribution in [1.82, 2.24) is 5.32 Å². The highest BCUT2D eigenvalue weighted by Crippen LogP contribution is 2.08. The van der Waals surface area contributed by atoms with Crippen LogP contribution < -0.4 is 5.32 Å². The van der Waals surface area contributed by atoms with Crippen LogP contribution in [-0.4, -0.2) is 23.0 Å². The Labute approximate surface area is 105 Å². The molecule has 0 saturated heterocycles. The molecular formula is C13H17NO4. The Bertz CT molecular complexity index is 422. The second-order valence-corrected chi connectivity index (χ2v) is 4.06. The molecule has 5 nitrogen and oxygen atoms in total. The van der Waals surface area contributed by atoms with Gasteiger partial charge in [-0.3, -0.25) is 4.79 Å². The van der Waals surface area contributed by atoms with Gasteiger partial charge in [-0.05, 0) is 24.1 Å². The molecule has 5 heteroatoms. The van der Waals surface area contributed by atoms with Gasteiger partial charge in [-0.2, -0.15) is 0 Å². The van der Waals surface area contributed by atoms with Crippen molar-refractivity contribution in [3.63, 3.8) is 0 Å². The molecule has 0 bridgehead atoms. The van der Waals surface area contributed by atoms with E-state index in [-0.39, 0.29) is 5.92 Å². The molecule has 0 aliphatic carbocycles. The van der Waals surface area contributed by atoms with Gasteiger partial charge in [0.1, 0.15) is 11.8 Å². The lowest BCUT2D eigenvalue weighted by molar-refractivity contribution is -0.142. The third kappa shape index (κ3) is 4.08. The topological polar surface area (TPSA) is 79.5 Å². The summed E-state index contributed by atoms with van der Waals surface area (Å²) in [5.74, 6) is -1.05. The Kier molecular flexibility index (Phi) is 5.17. The number of furan rings is 1. The predicted molar refractivity (Wildman–Crippen MR) is 66.8 cm³/mol. The summed E-state index contributed by atoms with van der Waals surface area (Å²) in [6.45, 7) is 3.67. The predicted octanol–water partition coefficient (Wildman–Crippen LogP) is 1.91. The summed E-state index contributed by atoms with van der Waals surface area (Å²) in [5, 5.41) is 11.5. The van der Waals surface area contributed by atoms with Crippen LogP contribution in [-0.2, 0) is 9.59 Å². The summed E-state index contributed by atoms with van der Waals surface area (Å²) in [7, 11) is 0. The lowest BCUT2D eigenvalue weighted by atomic mass is 9.99. The van der Waals surface area contributed by atoms with Gasteiger partial charge in [0.25, 0.3) is 0 Å². The zero-order valence-corrected chi connectivity index (χ0v) is 10.4. The Hall–Kier alpha value is -2.04. The zero-order chi connectivity index (χ0) is 13.5. The first-order valence-corrected chi connectivity index (χ1v) is 5.79. The fourth-order valence-corrected chi connectivity index (χ4v) is 1.43. The minimum atomic E-state index is -1.02. The number of hydrogen-bond acceptors (Lipinski definition) is 3. The molecule has 1 amide bonds. The molecule has 1 heterocycles. The van der Waals surface area contributed by atoms with Crippen LogP contribution in [0.4, 0.5) is 0 Å². The highest BCUT2D eigenvalue weighted by Gasteiger charge is 2.24. The largest absolute Gasteiger partial charge is 0.480 e. The van der Waals surface area contributed by atoms with E-state index in [1.54, 1.807) is 19.1 Å². The third-order valence-corrected chi connectivity index (χ3v) is 2.72. The molecular weight excluding hydrogens is 234 g/mol. The number of amides is 1. The summed E-state index contributed by atoms with van der Waals surface area (Å²) in [6, 6.07) is 2.54. The van der Waals surface area contributed by atoms with Gasteiger partial charge in [0.05, 0.1) is 6.26 Å². The van der Waals surface area contributed by atoms with Crippen molar-refractivity contribution in [2.45, 2.75) is 26.3 Å². The molecule has 0 spiro atoms. The molecule has 0 aliphatic rings. The molecule has 0 unspecified atom stereocenters. The molecule has 2 N–H and O–H groups in total. The molecule has 0 aromatic carbocycles. The number of carbonyl (C=O) groups excluding carboxylic acids is 1. The molecule has 0 radical (unpaired) electrons. The maximum atomic E-state index is 11.6. The van der Waals surface area contributed by atoms with E-state index in [4.69, 9.17) is 9.52 Å². The number of aliphatic carboxylic acids is 1. The zero-order valence-electron chi connectivity index (χ0n) is 10.4. The molecule has 1 aromatic rings. The highest BCUT2D eigenvalue weighted by molar-refractivity contribution is 5.94. The van der Waals surface area contributed by atoms with Crippen molar-refractivity contribution in [2.24, 2.45) is 5.92 Å². The summed E-state index contributed by atoms with van der Waals surface area (Å²) in [5.41, 5.74) is 0. The summed E-state index contributed by atoms with van der Waals surface area (Å²) >= 11 is 0. The first-order valence-electron chi connectivity index (χ1n) is 5.79. The van der Waals surface area contributed by atoms with Crippen LogP contribution in [0.1, 0.15) is 26.0 Å². The Balaban J connectivity index is 2.59. The van der Waals surface area contributed by atoms with Crippen LogP contribution in [0.3, 0.4) is 0 Å². The van der Waals surface area contributed by atoms with Gasteiger partial charge in [0.15, 0.2) is 0 Å². The maximum absolute atomic E-state index is 11.6. The number of hydrogen-bond donors (Lipinski definition) is 2. The standard InChI is InChI=1S/C13H17NO4/c1-3-9(2)12(13(16)17)14-11(15)7-6-10-5-4-8-18-10/h4-9,12H,3H2,1-2H3,(H,14,15)(H,16,17)/b7-6+/t9-,12-/m0/s1. The van der Waals surface area contributed by atoms with E-state index in [2.05, 4.69) is 5.32 Å². The minimum Gasteiger partial charge on any atom is -0.480 e. The first kappa shape index (κ1) is 14.0. The van der Waals surface area contributed by atoms with Gasteiger partial charge in [0, 0.05) is 6.08 Å². The summed E-state index contributed by atoms with van der Waals surface area (Å²) < 4.78 is 5.02. The van der Waals surface area contributed by atoms with Gasteiger partial charge in [0.2, 0.25) is 5.91 Å². The van der Waals surface area contributed by atoms with Gasteiger partial charge < -0.3 is 14.8 Å². The average Bonchev–Trinajstić information content (AvgIpc) is 2.85. The molecule has 0 aliphatic heterocycles. The Morgan fingerprint density at radius 2 is 2.28 bits per heavy atom. The lowest BCUT2D eigenvalue weighted by Gasteiger charge is -2.19. The van der Waals surface area contributed by atoms with Crippen molar-refractivity contribution >= 4 is 18.0 Å². The summed E-state index contributed by atoms with van der Waals surface area (Å²) in [6.07, 6.45) is 4.93. The second kappa shape index (κ2) is 6.64. The van der Waals surface area contributed by atoms with Crippen LogP contribution in [0.25, 0.3) is 6.08 Å². The van der Waals surface area contributed by atoms with E-state index in [0.717, 1.165) is 0 Å². The SMILES string of the molecule is CC[C@H](C)[C@H](NC(=O)/C=C/c1ccco1)C(=O)O. The second-order valence-electron chi connectivity index (χ2n) is 4.06. The smallest absolute Gasteiger partial charge is 0.326 e. The van der Waals surface area contributed by atoms with Crippen molar-refractivity contribution in [1.29, 1.82) is 0 Å². The highest BCUT2D eigenvalue weighted by atomic mass is 16.4.